The standard InChI is InChI=1S/7C3H6.23CH4/c7*1-2-3-1;;;;;;;;;;;;;;;;;;;;;;;/h7*1-3H2;23*1H4. The Balaban J connectivity index is -0.00000000512. The molecule has 7 saturated carbocycles. The molecule has 0 spiro atoms. The first-order valence-corrected chi connectivity index (χ1v) is 10.5. The topological polar surface area (TPSA) is 0 Å². The summed E-state index contributed by atoms with van der Waals surface area (Å²) in [6.07, 6.45) is 31.5. The summed E-state index contributed by atoms with van der Waals surface area (Å²) >= 11 is 0. The zero-order chi connectivity index (χ0) is 14.8. The molecule has 0 amide bonds. The highest BCUT2D eigenvalue weighted by Crippen LogP contribution is 2.16. The van der Waals surface area contributed by atoms with Crippen LogP contribution in [0.25, 0.3) is 0 Å². The van der Waals surface area contributed by atoms with E-state index in [1.165, 1.54) is 135 Å². The summed E-state index contributed by atoms with van der Waals surface area (Å²) in [5.41, 5.74) is 0. The molecule has 0 saturated heterocycles. The number of hydrogen-bond acceptors (Lipinski definition) is 0. The van der Waals surface area contributed by atoms with E-state index in [0.717, 1.165) is 0 Å². The first-order chi connectivity index (χ1) is 10.5. The molecule has 0 heteroatoms. The average molecular weight is 664 g/mol. The van der Waals surface area contributed by atoms with Gasteiger partial charge in [0.1, 0.15) is 0 Å². The van der Waals surface area contributed by atoms with Crippen molar-refractivity contribution in [2.75, 3.05) is 0 Å². The van der Waals surface area contributed by atoms with Crippen molar-refractivity contribution in [2.24, 2.45) is 0 Å². The molecule has 0 heterocycles. The Labute approximate surface area is 305 Å². The van der Waals surface area contributed by atoms with Crippen molar-refractivity contribution in [1.82, 2.24) is 0 Å². The predicted molar refractivity (Wildman–Crippen MR) is 252 cm³/mol. The molecular formula is C44H134. The van der Waals surface area contributed by atoms with E-state index < -0.39 is 0 Å². The first-order valence-electron chi connectivity index (χ1n) is 10.5. The van der Waals surface area contributed by atoms with Crippen LogP contribution in [0.15, 0.2) is 0 Å². The molecule has 7 aliphatic carbocycles. The molecule has 0 unspecified atom stereocenters. The summed E-state index contributed by atoms with van der Waals surface area (Å²) in [6, 6.07) is 0. The van der Waals surface area contributed by atoms with Crippen LogP contribution in [0.2, 0.25) is 0 Å². The average Bonchev–Trinajstić information content (AvgIpc) is 3.42. The van der Waals surface area contributed by atoms with Gasteiger partial charge in [0.25, 0.3) is 0 Å². The third kappa shape index (κ3) is 1440. The van der Waals surface area contributed by atoms with Crippen LogP contribution in [0.4, 0.5) is 0 Å². The summed E-state index contributed by atoms with van der Waals surface area (Å²) in [7, 11) is 0. The molecule has 7 fully saturated rings. The van der Waals surface area contributed by atoms with Gasteiger partial charge in [0.2, 0.25) is 0 Å². The molecule has 44 heavy (non-hydrogen) atoms. The van der Waals surface area contributed by atoms with Gasteiger partial charge < -0.3 is 0 Å². The molecule has 0 bridgehead atoms. The lowest BCUT2D eigenvalue weighted by Gasteiger charge is -1.05. The van der Waals surface area contributed by atoms with Crippen molar-refractivity contribution >= 4 is 0 Å². The van der Waals surface area contributed by atoms with Crippen LogP contribution in [0.1, 0.15) is 306 Å². The van der Waals surface area contributed by atoms with E-state index in [-0.39, 0.29) is 171 Å². The summed E-state index contributed by atoms with van der Waals surface area (Å²) < 4.78 is 0. The molecular weight excluding hydrogens is 528 g/mol. The fourth-order valence-corrected chi connectivity index (χ4v) is 0. The van der Waals surface area contributed by atoms with Gasteiger partial charge in [-0.2, -0.15) is 0 Å². The van der Waals surface area contributed by atoms with Crippen LogP contribution in [-0.2, 0) is 0 Å². The molecule has 7 aliphatic rings. The van der Waals surface area contributed by atoms with E-state index in [4.69, 9.17) is 0 Å². The second-order valence-corrected chi connectivity index (χ2v) is 7.42. The SMILES string of the molecule is C.C.C.C.C.C.C.C.C.C.C.C.C.C.C.C.C.C.C.C.C.C.C.C1CC1.C1CC1.C1CC1.C1CC1.C1CC1.C1CC1.C1CC1. The molecule has 310 valence electrons. The first kappa shape index (κ1) is 184. The van der Waals surface area contributed by atoms with Gasteiger partial charge in [-0.05, 0) is 0 Å². The lowest BCUT2D eigenvalue weighted by molar-refractivity contribution is 1.50. The Hall–Kier alpha value is 0. The van der Waals surface area contributed by atoms with Gasteiger partial charge >= 0.3 is 0 Å². The third-order valence-electron chi connectivity index (χ3n) is 2.47. The van der Waals surface area contributed by atoms with Gasteiger partial charge in [0.05, 0.1) is 0 Å². The van der Waals surface area contributed by atoms with Crippen LogP contribution in [0.5, 0.6) is 0 Å². The highest BCUT2D eigenvalue weighted by molar-refractivity contribution is 4.52. The lowest BCUT2D eigenvalue weighted by atomic mass is 11.0. The minimum Gasteiger partial charge on any atom is -0.0776 e. The van der Waals surface area contributed by atoms with E-state index >= 15 is 0 Å². The largest absolute Gasteiger partial charge is 0.0776 e. The molecule has 0 aromatic carbocycles. The maximum Gasteiger partial charge on any atom is -0.0533 e. The van der Waals surface area contributed by atoms with Gasteiger partial charge in [0, 0.05) is 0 Å². The summed E-state index contributed by atoms with van der Waals surface area (Å²) in [5.74, 6) is 0. The van der Waals surface area contributed by atoms with Crippen molar-refractivity contribution in [3.05, 3.63) is 0 Å². The second kappa shape index (κ2) is 172. The van der Waals surface area contributed by atoms with E-state index in [0.29, 0.717) is 0 Å². The quantitative estimate of drug-likeness (QED) is 0.242. The maximum absolute atomic E-state index is 1.50. The van der Waals surface area contributed by atoms with Crippen molar-refractivity contribution in [3.8, 4) is 0 Å². The van der Waals surface area contributed by atoms with E-state index in [1.807, 2.05) is 0 Å². The van der Waals surface area contributed by atoms with Gasteiger partial charge in [-0.3, -0.25) is 0 Å². The minimum atomic E-state index is 0. The van der Waals surface area contributed by atoms with Crippen LogP contribution in [0.3, 0.4) is 0 Å². The van der Waals surface area contributed by atoms with Gasteiger partial charge in [0.15, 0.2) is 0 Å². The Morgan fingerprint density at radius 1 is 0.0682 bits per heavy atom. The van der Waals surface area contributed by atoms with Gasteiger partial charge in [-0.15, -0.1) is 0 Å². The van der Waals surface area contributed by atoms with E-state index in [9.17, 15) is 0 Å². The van der Waals surface area contributed by atoms with E-state index in [2.05, 4.69) is 0 Å². The molecule has 0 aromatic rings. The zero-order valence-electron chi connectivity index (χ0n) is 14.8. The number of rotatable bonds is 0. The summed E-state index contributed by atoms with van der Waals surface area (Å²) in [6.45, 7) is 0. The minimum absolute atomic E-state index is 0. The third-order valence-corrected chi connectivity index (χ3v) is 2.47. The smallest absolute Gasteiger partial charge is 0.0533 e. The lowest BCUT2D eigenvalue weighted by Crippen LogP contribution is -0.856. The van der Waals surface area contributed by atoms with Crippen molar-refractivity contribution in [3.63, 3.8) is 0 Å². The van der Waals surface area contributed by atoms with Gasteiger partial charge in [-0.1, -0.05) is 306 Å². The molecule has 0 N–H and O–H groups in total. The monoisotopic (exact) mass is 663 g/mol. The molecule has 0 nitrogen and oxygen atoms in total. The second-order valence-electron chi connectivity index (χ2n) is 7.42. The predicted octanol–water partition coefficient (Wildman–Crippen LogP) is 22.8. The van der Waals surface area contributed by atoms with Crippen LogP contribution in [-0.4, -0.2) is 0 Å². The van der Waals surface area contributed by atoms with Crippen LogP contribution in [0, 0.1) is 0 Å². The van der Waals surface area contributed by atoms with Crippen molar-refractivity contribution in [1.29, 1.82) is 0 Å². The summed E-state index contributed by atoms with van der Waals surface area (Å²) in [5, 5.41) is 0. The van der Waals surface area contributed by atoms with Gasteiger partial charge in [-0.25, -0.2) is 0 Å². The molecule has 0 radical (unpaired) electrons. The normalized spacial score (nSPS) is 11.5. The summed E-state index contributed by atoms with van der Waals surface area (Å²) in [4.78, 5) is 0. The molecule has 0 aromatic heterocycles. The van der Waals surface area contributed by atoms with Crippen molar-refractivity contribution in [2.45, 2.75) is 306 Å². The Bertz CT molecular complexity index is 92.2. The Morgan fingerprint density at radius 3 is 0.0909 bits per heavy atom. The maximum atomic E-state index is 1.50. The Kier molecular flexibility index (Phi) is 721. The highest BCUT2D eigenvalue weighted by atomic mass is 14.0. The highest BCUT2D eigenvalue weighted by Gasteiger charge is 1.96. The number of hydrogen-bond donors (Lipinski definition) is 0. The molecule has 0 atom stereocenters. The van der Waals surface area contributed by atoms with Crippen LogP contribution < -0.4 is 0 Å². The Morgan fingerprint density at radius 2 is 0.0909 bits per heavy atom. The van der Waals surface area contributed by atoms with E-state index in [1.54, 1.807) is 0 Å². The van der Waals surface area contributed by atoms with Crippen LogP contribution >= 0.6 is 0 Å². The fraction of sp³-hybridized carbons (Fsp3) is 1.00. The van der Waals surface area contributed by atoms with Crippen molar-refractivity contribution < 1.29 is 0 Å². The zero-order valence-corrected chi connectivity index (χ0v) is 14.8. The molecule has 0 aliphatic heterocycles. The fourth-order valence-electron chi connectivity index (χ4n) is 0. The molecule has 7 rings (SSSR count).